The zero-order chi connectivity index (χ0) is 32.6. The number of benzene rings is 4. The largest absolute Gasteiger partial charge is 0.495 e. The van der Waals surface area contributed by atoms with E-state index in [4.69, 9.17) is 4.74 Å². The Morgan fingerprint density at radius 2 is 1.02 bits per heavy atom. The molecule has 45 heavy (non-hydrogen) atoms. The van der Waals surface area contributed by atoms with E-state index in [1.165, 1.54) is 67.8 Å². The Labute approximate surface area is 260 Å². The molecule has 232 valence electrons. The van der Waals surface area contributed by atoms with Gasteiger partial charge in [0.05, 0.1) is 16.9 Å². The Hall–Kier alpha value is -4.44. The van der Waals surface area contributed by atoms with Crippen molar-refractivity contribution in [3.05, 3.63) is 115 Å². The van der Waals surface area contributed by atoms with Gasteiger partial charge in [0.15, 0.2) is 6.54 Å². The van der Waals surface area contributed by atoms with Crippen LogP contribution in [0.5, 0.6) is 5.75 Å². The van der Waals surface area contributed by atoms with Crippen LogP contribution >= 0.6 is 0 Å². The number of hydrogen-bond acceptors (Lipinski definition) is 7. The second-order valence-corrected chi connectivity index (χ2v) is 14.2. The molecule has 0 spiro atoms. The lowest BCUT2D eigenvalue weighted by Gasteiger charge is -2.14. The van der Waals surface area contributed by atoms with Crippen molar-refractivity contribution in [3.63, 3.8) is 0 Å². The Morgan fingerprint density at radius 1 is 0.556 bits per heavy atom. The van der Waals surface area contributed by atoms with Crippen LogP contribution < -0.4 is 9.30 Å². The van der Waals surface area contributed by atoms with E-state index in [0.29, 0.717) is 40.2 Å². The topological polar surface area (TPSA) is 176 Å². The van der Waals surface area contributed by atoms with Crippen molar-refractivity contribution < 1.29 is 48.2 Å². The van der Waals surface area contributed by atoms with Gasteiger partial charge in [-0.15, -0.1) is 0 Å². The SMILES string of the molecule is COc1ccc(-c2cc(-c3ccc(S(=O)(=O)O)cc3)[n+](Cc3ccccc3)c(-c3ccc(S(=O)(=O)O)cc3)c2)cc1S(=O)(=O)O. The van der Waals surface area contributed by atoms with Crippen molar-refractivity contribution in [2.24, 2.45) is 0 Å². The predicted octanol–water partition coefficient (Wildman–Crippen LogP) is 4.77. The maximum absolute atomic E-state index is 12.2. The number of ether oxygens (including phenoxy) is 1. The third-order valence-corrected chi connectivity index (χ3v) is 9.63. The molecule has 0 aliphatic rings. The molecule has 0 saturated carbocycles. The summed E-state index contributed by atoms with van der Waals surface area (Å²) in [5, 5.41) is 0. The molecule has 0 aliphatic carbocycles. The Kier molecular flexibility index (Phi) is 8.64. The summed E-state index contributed by atoms with van der Waals surface area (Å²) in [6.45, 7) is 0.296. The van der Waals surface area contributed by atoms with Crippen LogP contribution in [0.2, 0.25) is 0 Å². The van der Waals surface area contributed by atoms with E-state index in [9.17, 15) is 38.9 Å². The number of nitrogens with zero attached hydrogens (tertiary/aromatic N) is 1. The van der Waals surface area contributed by atoms with Crippen LogP contribution in [0.15, 0.2) is 124 Å². The molecule has 3 N–H and O–H groups in total. The second kappa shape index (κ2) is 12.2. The van der Waals surface area contributed by atoms with E-state index in [2.05, 4.69) is 0 Å². The maximum Gasteiger partial charge on any atom is 0.298 e. The maximum atomic E-state index is 12.2. The highest BCUT2D eigenvalue weighted by Crippen LogP contribution is 2.34. The minimum atomic E-state index is -4.68. The van der Waals surface area contributed by atoms with E-state index in [0.717, 1.165) is 5.56 Å². The van der Waals surface area contributed by atoms with E-state index in [1.54, 1.807) is 18.2 Å². The minimum absolute atomic E-state index is 0.0710. The molecule has 14 heteroatoms. The van der Waals surface area contributed by atoms with Gasteiger partial charge < -0.3 is 4.74 Å². The molecule has 11 nitrogen and oxygen atoms in total. The third kappa shape index (κ3) is 7.12. The molecule has 4 aromatic carbocycles. The van der Waals surface area contributed by atoms with Crippen LogP contribution in [0.1, 0.15) is 5.56 Å². The number of aromatic nitrogens is 1. The molecule has 1 heterocycles. The van der Waals surface area contributed by atoms with E-state index in [-0.39, 0.29) is 15.5 Å². The fourth-order valence-electron chi connectivity index (χ4n) is 4.86. The van der Waals surface area contributed by atoms with Gasteiger partial charge in [-0.1, -0.05) is 36.4 Å². The molecule has 5 aromatic rings. The summed E-state index contributed by atoms with van der Waals surface area (Å²) in [5.74, 6) is -0.0710. The molecule has 0 fully saturated rings. The smallest absolute Gasteiger partial charge is 0.298 e. The lowest BCUT2D eigenvalue weighted by molar-refractivity contribution is -0.666. The molecule has 0 saturated heterocycles. The van der Waals surface area contributed by atoms with Gasteiger partial charge in [-0.05, 0) is 71.8 Å². The first-order valence-electron chi connectivity index (χ1n) is 13.1. The molecular formula is C31H26NO10S3+. The summed E-state index contributed by atoms with van der Waals surface area (Å²) in [4.78, 5) is -1.08. The zero-order valence-electron chi connectivity index (χ0n) is 23.5. The molecule has 5 rings (SSSR count). The Bertz CT molecular complexity index is 2120. The molecule has 0 aliphatic heterocycles. The first-order valence-corrected chi connectivity index (χ1v) is 17.4. The fraction of sp³-hybridized carbons (Fsp3) is 0.0645. The van der Waals surface area contributed by atoms with Gasteiger partial charge in [-0.3, -0.25) is 13.7 Å². The monoisotopic (exact) mass is 668 g/mol. The molecule has 0 unspecified atom stereocenters. The summed E-state index contributed by atoms with van der Waals surface area (Å²) in [6.07, 6.45) is 0. The molecule has 0 radical (unpaired) electrons. The number of hydrogen-bond donors (Lipinski definition) is 3. The normalized spacial score (nSPS) is 12.2. The van der Waals surface area contributed by atoms with Crippen LogP contribution in [0.25, 0.3) is 33.6 Å². The van der Waals surface area contributed by atoms with Crippen LogP contribution in [0.4, 0.5) is 0 Å². The lowest BCUT2D eigenvalue weighted by atomic mass is 9.98. The summed E-state index contributed by atoms with van der Waals surface area (Å²) in [5.41, 5.74) is 3.88. The first-order chi connectivity index (χ1) is 21.1. The summed E-state index contributed by atoms with van der Waals surface area (Å²) in [7, 11) is -12.4. The van der Waals surface area contributed by atoms with E-state index < -0.39 is 35.2 Å². The molecule has 1 aromatic heterocycles. The predicted molar refractivity (Wildman–Crippen MR) is 164 cm³/mol. The zero-order valence-corrected chi connectivity index (χ0v) is 25.9. The quantitative estimate of drug-likeness (QED) is 0.146. The average Bonchev–Trinajstić information content (AvgIpc) is 3.00. The van der Waals surface area contributed by atoms with Gasteiger partial charge in [0, 0.05) is 28.8 Å². The van der Waals surface area contributed by atoms with Gasteiger partial charge in [-0.25, -0.2) is 0 Å². The van der Waals surface area contributed by atoms with Gasteiger partial charge in [0.25, 0.3) is 30.4 Å². The van der Waals surface area contributed by atoms with Gasteiger partial charge in [0.2, 0.25) is 11.4 Å². The van der Waals surface area contributed by atoms with Gasteiger partial charge in [0.1, 0.15) is 10.6 Å². The molecule has 0 bridgehead atoms. The summed E-state index contributed by atoms with van der Waals surface area (Å²) in [6, 6.07) is 28.1. The summed E-state index contributed by atoms with van der Waals surface area (Å²) >= 11 is 0. The van der Waals surface area contributed by atoms with Crippen molar-refractivity contribution in [2.45, 2.75) is 21.2 Å². The van der Waals surface area contributed by atoms with Crippen LogP contribution in [0.3, 0.4) is 0 Å². The van der Waals surface area contributed by atoms with Crippen molar-refractivity contribution in [1.29, 1.82) is 0 Å². The fourth-order valence-corrected chi connectivity index (χ4v) is 6.50. The number of methoxy groups -OCH3 is 1. The number of pyridine rings is 1. The minimum Gasteiger partial charge on any atom is -0.495 e. The van der Waals surface area contributed by atoms with Crippen LogP contribution in [-0.2, 0) is 36.9 Å². The molecular weight excluding hydrogens is 643 g/mol. The lowest BCUT2D eigenvalue weighted by Crippen LogP contribution is -2.39. The Balaban J connectivity index is 1.84. The standard InChI is InChI=1S/C31H25NO10S3/c1-42-30-16-11-24(19-31(30)45(39,40)41)25-17-28(22-7-12-26(13-8-22)43(33,34)35)32(20-21-5-3-2-4-6-21)29(18-25)23-9-14-27(15-10-23)44(36,37)38/h2-19H,20H2,1H3,(H2-,33,34,35,36,37,38,39,40,41)/p+1. The van der Waals surface area contributed by atoms with Gasteiger partial charge >= 0.3 is 0 Å². The Morgan fingerprint density at radius 3 is 1.44 bits per heavy atom. The van der Waals surface area contributed by atoms with E-state index >= 15 is 0 Å². The van der Waals surface area contributed by atoms with Crippen molar-refractivity contribution in [2.75, 3.05) is 7.11 Å². The highest BCUT2D eigenvalue weighted by atomic mass is 32.2. The first kappa shape index (κ1) is 32.0. The molecule has 0 amide bonds. The highest BCUT2D eigenvalue weighted by molar-refractivity contribution is 7.86. The summed E-state index contributed by atoms with van der Waals surface area (Å²) < 4.78 is 107. The van der Waals surface area contributed by atoms with Crippen molar-refractivity contribution >= 4 is 30.4 Å². The molecule has 0 atom stereocenters. The van der Waals surface area contributed by atoms with E-state index in [1.807, 2.05) is 34.9 Å². The third-order valence-electron chi connectivity index (χ3n) is 7.02. The van der Waals surface area contributed by atoms with Crippen molar-refractivity contribution in [3.8, 4) is 39.4 Å². The average molecular weight is 669 g/mol. The highest BCUT2D eigenvalue weighted by Gasteiger charge is 2.26. The van der Waals surface area contributed by atoms with Crippen molar-refractivity contribution in [1.82, 2.24) is 0 Å². The second-order valence-electron chi connectivity index (χ2n) is 9.93. The van der Waals surface area contributed by atoms with Gasteiger partial charge in [-0.2, -0.15) is 29.8 Å². The van der Waals surface area contributed by atoms with Crippen LogP contribution in [-0.4, -0.2) is 46.0 Å². The van der Waals surface area contributed by atoms with Crippen LogP contribution in [0, 0.1) is 0 Å². The number of rotatable bonds is 9.